The van der Waals surface area contributed by atoms with Crippen LogP contribution in [0.2, 0.25) is 10.0 Å². The number of hydrogen-bond acceptors (Lipinski definition) is 5. The van der Waals surface area contributed by atoms with Gasteiger partial charge in [0.1, 0.15) is 18.3 Å². The van der Waals surface area contributed by atoms with Crippen molar-refractivity contribution in [2.45, 2.75) is 57.1 Å². The van der Waals surface area contributed by atoms with Gasteiger partial charge in [-0.05, 0) is 80.8 Å². The minimum Gasteiger partial charge on any atom is -0.495 e. The number of carbonyl (C=O) groups excluding carboxylic acids is 2. The number of amides is 2. The second-order valence-corrected chi connectivity index (χ2v) is 14.9. The number of sulfonamides is 1. The number of nitrogens with zero attached hydrogens (tertiary/aromatic N) is 2. The van der Waals surface area contributed by atoms with Crippen LogP contribution in [0.4, 0.5) is 5.69 Å². The molecule has 4 rings (SSSR count). The normalized spacial score (nSPS) is 12.2. The van der Waals surface area contributed by atoms with E-state index < -0.39 is 34.1 Å². The van der Waals surface area contributed by atoms with E-state index in [2.05, 4.69) is 5.32 Å². The van der Waals surface area contributed by atoms with Crippen LogP contribution in [-0.2, 0) is 32.6 Å². The van der Waals surface area contributed by atoms with E-state index in [1.54, 1.807) is 54.6 Å². The van der Waals surface area contributed by atoms with E-state index in [1.807, 2.05) is 58.0 Å². The van der Waals surface area contributed by atoms with Crippen LogP contribution in [0.1, 0.15) is 37.5 Å². The van der Waals surface area contributed by atoms with E-state index in [-0.39, 0.29) is 40.2 Å². The molecule has 0 unspecified atom stereocenters. The molecule has 0 heterocycles. The summed E-state index contributed by atoms with van der Waals surface area (Å²) in [6.07, 6.45) is 0.176. The third-order valence-electron chi connectivity index (χ3n) is 7.32. The lowest BCUT2D eigenvalue weighted by molar-refractivity contribution is -0.140. The first-order valence-corrected chi connectivity index (χ1v) is 17.2. The van der Waals surface area contributed by atoms with Crippen LogP contribution in [0.25, 0.3) is 0 Å². The zero-order valence-electron chi connectivity index (χ0n) is 27.0. The summed E-state index contributed by atoms with van der Waals surface area (Å²) in [6, 6.07) is 26.3. The topological polar surface area (TPSA) is 96.0 Å². The van der Waals surface area contributed by atoms with Crippen molar-refractivity contribution in [3.63, 3.8) is 0 Å². The average molecular weight is 697 g/mol. The van der Waals surface area contributed by atoms with Crippen molar-refractivity contribution in [3.8, 4) is 5.75 Å². The Hall–Kier alpha value is -4.05. The van der Waals surface area contributed by atoms with Gasteiger partial charge in [0.15, 0.2) is 0 Å². The Labute approximate surface area is 287 Å². The lowest BCUT2D eigenvalue weighted by Gasteiger charge is -2.35. The number of halogens is 2. The minimum absolute atomic E-state index is 0.00120. The number of anilines is 1. The average Bonchev–Trinajstić information content (AvgIpc) is 3.03. The highest BCUT2D eigenvalue weighted by Crippen LogP contribution is 2.34. The molecule has 0 saturated carbocycles. The Balaban J connectivity index is 1.87. The molecule has 0 aliphatic rings. The summed E-state index contributed by atoms with van der Waals surface area (Å²) in [5.41, 5.74) is 1.78. The highest BCUT2D eigenvalue weighted by Gasteiger charge is 2.36. The number of benzene rings is 4. The second kappa shape index (κ2) is 15.2. The van der Waals surface area contributed by atoms with Crippen molar-refractivity contribution in [1.29, 1.82) is 0 Å². The highest BCUT2D eigenvalue weighted by molar-refractivity contribution is 7.92. The fourth-order valence-electron chi connectivity index (χ4n) is 5.07. The molecule has 0 aromatic heterocycles. The molecule has 248 valence electrons. The zero-order chi connectivity index (χ0) is 34.4. The third kappa shape index (κ3) is 9.28. The SMILES string of the molecule is COc1ccc(C)cc1N(CC(=O)N(Cc1ccc(Cl)c(Cl)c1)[C@H](Cc1ccccc1)C(=O)NC(C)(C)C)S(=O)(=O)c1ccccc1. The first-order chi connectivity index (χ1) is 22.2. The summed E-state index contributed by atoms with van der Waals surface area (Å²) < 4.78 is 35.2. The summed E-state index contributed by atoms with van der Waals surface area (Å²) in [5.74, 6) is -0.727. The van der Waals surface area contributed by atoms with Crippen molar-refractivity contribution in [3.05, 3.63) is 124 Å². The lowest BCUT2D eigenvalue weighted by atomic mass is 10.0. The first-order valence-electron chi connectivity index (χ1n) is 15.0. The van der Waals surface area contributed by atoms with Gasteiger partial charge in [-0.15, -0.1) is 0 Å². The lowest BCUT2D eigenvalue weighted by Crippen LogP contribution is -2.56. The van der Waals surface area contributed by atoms with Crippen LogP contribution in [-0.4, -0.2) is 50.4 Å². The molecule has 0 spiro atoms. The standard InChI is InChI=1S/C36H39Cl2N3O5S/c1-25-16-19-33(46-5)31(20-25)41(47(44,45)28-14-10-7-11-15-28)24-34(42)40(23-27-17-18-29(37)30(38)21-27)32(35(43)39-36(2,3)4)22-26-12-8-6-9-13-26/h6-21,32H,22-24H2,1-5H3,(H,39,43)/t32-/m1/s1. The van der Waals surface area contributed by atoms with Gasteiger partial charge in [-0.1, -0.05) is 83.9 Å². The molecule has 0 aliphatic heterocycles. The first kappa shape index (κ1) is 35.8. The third-order valence-corrected chi connectivity index (χ3v) is 9.83. The Morgan fingerprint density at radius 1 is 0.851 bits per heavy atom. The van der Waals surface area contributed by atoms with E-state index in [0.29, 0.717) is 10.6 Å². The zero-order valence-corrected chi connectivity index (χ0v) is 29.4. The van der Waals surface area contributed by atoms with E-state index >= 15 is 0 Å². The molecule has 2 amide bonds. The van der Waals surface area contributed by atoms with Gasteiger partial charge in [-0.3, -0.25) is 13.9 Å². The van der Waals surface area contributed by atoms with Gasteiger partial charge in [0.2, 0.25) is 11.8 Å². The minimum atomic E-state index is -4.28. The molecule has 47 heavy (non-hydrogen) atoms. The highest BCUT2D eigenvalue weighted by atomic mass is 35.5. The van der Waals surface area contributed by atoms with Gasteiger partial charge in [0, 0.05) is 18.5 Å². The van der Waals surface area contributed by atoms with Crippen LogP contribution in [0.3, 0.4) is 0 Å². The number of hydrogen-bond donors (Lipinski definition) is 1. The molecule has 0 fully saturated rings. The predicted octanol–water partition coefficient (Wildman–Crippen LogP) is 7.06. The fourth-order valence-corrected chi connectivity index (χ4v) is 6.83. The molecule has 0 aliphatic carbocycles. The summed E-state index contributed by atoms with van der Waals surface area (Å²) >= 11 is 12.6. The van der Waals surface area contributed by atoms with E-state index in [0.717, 1.165) is 15.4 Å². The van der Waals surface area contributed by atoms with Gasteiger partial charge in [-0.25, -0.2) is 8.42 Å². The molecule has 4 aromatic carbocycles. The summed E-state index contributed by atoms with van der Waals surface area (Å²) in [7, 11) is -2.85. The maximum Gasteiger partial charge on any atom is 0.264 e. The van der Waals surface area contributed by atoms with Gasteiger partial charge in [-0.2, -0.15) is 0 Å². The number of methoxy groups -OCH3 is 1. The molecule has 8 nitrogen and oxygen atoms in total. The smallest absolute Gasteiger partial charge is 0.264 e. The molecule has 0 saturated heterocycles. The van der Waals surface area contributed by atoms with Crippen LogP contribution < -0.4 is 14.4 Å². The van der Waals surface area contributed by atoms with Crippen molar-refractivity contribution in [2.24, 2.45) is 0 Å². The Morgan fingerprint density at radius 2 is 1.49 bits per heavy atom. The maximum absolute atomic E-state index is 14.7. The van der Waals surface area contributed by atoms with Crippen molar-refractivity contribution in [2.75, 3.05) is 18.0 Å². The molecule has 4 aromatic rings. The number of aryl methyl sites for hydroxylation is 1. The van der Waals surface area contributed by atoms with Gasteiger partial charge < -0.3 is 15.0 Å². The Kier molecular flexibility index (Phi) is 11.6. The van der Waals surface area contributed by atoms with E-state index in [9.17, 15) is 18.0 Å². The molecular formula is C36H39Cl2N3O5S. The summed E-state index contributed by atoms with van der Waals surface area (Å²) in [4.78, 5) is 30.1. The van der Waals surface area contributed by atoms with Crippen molar-refractivity contribution < 1.29 is 22.7 Å². The number of ether oxygens (including phenoxy) is 1. The number of nitrogens with one attached hydrogen (secondary N) is 1. The number of rotatable bonds is 12. The van der Waals surface area contributed by atoms with E-state index in [4.69, 9.17) is 27.9 Å². The Bertz CT molecular complexity index is 1810. The van der Waals surface area contributed by atoms with Crippen molar-refractivity contribution >= 4 is 50.7 Å². The van der Waals surface area contributed by atoms with Crippen LogP contribution in [0, 0.1) is 6.92 Å². The molecule has 11 heteroatoms. The number of carbonyl (C=O) groups is 2. The van der Waals surface area contributed by atoms with Gasteiger partial charge in [0.05, 0.1) is 27.7 Å². The summed E-state index contributed by atoms with van der Waals surface area (Å²) in [6.45, 7) is 6.72. The monoisotopic (exact) mass is 695 g/mol. The van der Waals surface area contributed by atoms with Gasteiger partial charge >= 0.3 is 0 Å². The molecule has 0 bridgehead atoms. The van der Waals surface area contributed by atoms with Crippen LogP contribution in [0.5, 0.6) is 5.75 Å². The summed E-state index contributed by atoms with van der Waals surface area (Å²) in [5, 5.41) is 3.64. The van der Waals surface area contributed by atoms with Gasteiger partial charge in [0.25, 0.3) is 10.0 Å². The molecule has 1 atom stereocenters. The fraction of sp³-hybridized carbons (Fsp3) is 0.278. The molecular weight excluding hydrogens is 657 g/mol. The van der Waals surface area contributed by atoms with E-state index in [1.165, 1.54) is 24.1 Å². The quantitative estimate of drug-likeness (QED) is 0.171. The van der Waals surface area contributed by atoms with Crippen LogP contribution >= 0.6 is 23.2 Å². The molecule has 1 N–H and O–H groups in total. The maximum atomic E-state index is 14.7. The van der Waals surface area contributed by atoms with Crippen LogP contribution in [0.15, 0.2) is 102 Å². The Morgan fingerprint density at radius 3 is 2.09 bits per heavy atom. The predicted molar refractivity (Wildman–Crippen MR) is 188 cm³/mol. The van der Waals surface area contributed by atoms with Crippen molar-refractivity contribution in [1.82, 2.24) is 10.2 Å². The second-order valence-electron chi connectivity index (χ2n) is 12.2. The molecule has 0 radical (unpaired) electrons. The largest absolute Gasteiger partial charge is 0.495 e.